The van der Waals surface area contributed by atoms with Crippen molar-refractivity contribution in [2.45, 2.75) is 45.6 Å². The highest BCUT2D eigenvalue weighted by molar-refractivity contribution is 5.74. The number of carbonyl (C=O) groups is 1. The van der Waals surface area contributed by atoms with Crippen LogP contribution in [0.15, 0.2) is 0 Å². The lowest BCUT2D eigenvalue weighted by atomic mass is 9.88. The monoisotopic (exact) mass is 214 g/mol. The quantitative estimate of drug-likeness (QED) is 0.623. The molecular weight excluding hydrogens is 192 g/mol. The number of aliphatic hydroxyl groups excluding tert-OH is 1. The largest absolute Gasteiger partial charge is 0.396 e. The van der Waals surface area contributed by atoms with Crippen LogP contribution in [0, 0.1) is 5.41 Å². The van der Waals surface area contributed by atoms with E-state index in [9.17, 15) is 4.79 Å². The average Bonchev–Trinajstić information content (AvgIpc) is 2.96. The molecule has 0 aliphatic heterocycles. The molecule has 0 saturated heterocycles. The van der Waals surface area contributed by atoms with Gasteiger partial charge in [-0.25, -0.2) is 4.79 Å². The van der Waals surface area contributed by atoms with Crippen molar-refractivity contribution in [1.29, 1.82) is 0 Å². The summed E-state index contributed by atoms with van der Waals surface area (Å²) in [6.45, 7) is 5.07. The molecule has 0 aromatic rings. The van der Waals surface area contributed by atoms with E-state index in [2.05, 4.69) is 24.5 Å². The van der Waals surface area contributed by atoms with Crippen molar-refractivity contribution in [2.75, 3.05) is 13.2 Å². The van der Waals surface area contributed by atoms with E-state index in [0.29, 0.717) is 12.6 Å². The molecule has 0 aromatic heterocycles. The Labute approximate surface area is 91.4 Å². The number of hydrogen-bond donors (Lipinski definition) is 3. The summed E-state index contributed by atoms with van der Waals surface area (Å²) in [6, 6.07) is 0.347. The number of hydrogen-bond acceptors (Lipinski definition) is 2. The Kier molecular flexibility index (Phi) is 4.39. The molecule has 0 atom stereocenters. The molecule has 1 aliphatic rings. The molecule has 0 bridgehead atoms. The summed E-state index contributed by atoms with van der Waals surface area (Å²) in [5.41, 5.74) is 0.0591. The molecule has 0 unspecified atom stereocenters. The van der Waals surface area contributed by atoms with E-state index in [1.807, 2.05) is 0 Å². The molecule has 1 saturated carbocycles. The maximum absolute atomic E-state index is 11.3. The SMILES string of the molecule is CC(C)(CCCO)CNC(=O)NC1CC1. The van der Waals surface area contributed by atoms with Gasteiger partial charge in [-0.05, 0) is 31.1 Å². The molecule has 1 rings (SSSR count). The number of urea groups is 1. The lowest BCUT2D eigenvalue weighted by Gasteiger charge is -2.24. The summed E-state index contributed by atoms with van der Waals surface area (Å²) in [6.07, 6.45) is 3.94. The van der Waals surface area contributed by atoms with E-state index < -0.39 is 0 Å². The Hall–Kier alpha value is -0.770. The van der Waals surface area contributed by atoms with Gasteiger partial charge in [0.1, 0.15) is 0 Å². The fraction of sp³-hybridized carbons (Fsp3) is 0.909. The van der Waals surface area contributed by atoms with Crippen molar-refractivity contribution in [3.8, 4) is 0 Å². The summed E-state index contributed by atoms with van der Waals surface area (Å²) in [4.78, 5) is 11.3. The molecule has 88 valence electrons. The van der Waals surface area contributed by atoms with Crippen LogP contribution in [-0.2, 0) is 0 Å². The molecule has 1 fully saturated rings. The van der Waals surface area contributed by atoms with Crippen LogP contribution in [-0.4, -0.2) is 30.3 Å². The van der Waals surface area contributed by atoms with Crippen molar-refractivity contribution < 1.29 is 9.90 Å². The number of rotatable bonds is 6. The lowest BCUT2D eigenvalue weighted by molar-refractivity contribution is 0.221. The summed E-state index contributed by atoms with van der Waals surface area (Å²) in [7, 11) is 0. The van der Waals surface area contributed by atoms with Crippen molar-refractivity contribution in [3.05, 3.63) is 0 Å². The minimum absolute atomic E-state index is 0.0591. The average molecular weight is 214 g/mol. The normalized spacial score (nSPS) is 16.2. The summed E-state index contributed by atoms with van der Waals surface area (Å²) in [5.74, 6) is 0. The molecule has 4 heteroatoms. The highest BCUT2D eigenvalue weighted by atomic mass is 16.2. The van der Waals surface area contributed by atoms with Gasteiger partial charge in [0.25, 0.3) is 0 Å². The molecular formula is C11H22N2O2. The molecule has 1 aliphatic carbocycles. The smallest absolute Gasteiger partial charge is 0.315 e. The van der Waals surface area contributed by atoms with Crippen LogP contribution in [0.1, 0.15) is 39.5 Å². The first-order valence-corrected chi connectivity index (χ1v) is 5.69. The number of amides is 2. The van der Waals surface area contributed by atoms with Crippen LogP contribution < -0.4 is 10.6 Å². The maximum atomic E-state index is 11.3. The van der Waals surface area contributed by atoms with Gasteiger partial charge in [0.15, 0.2) is 0 Å². The van der Waals surface area contributed by atoms with E-state index in [1.165, 1.54) is 0 Å². The highest BCUT2D eigenvalue weighted by Gasteiger charge is 2.24. The van der Waals surface area contributed by atoms with Gasteiger partial charge < -0.3 is 15.7 Å². The molecule has 0 aromatic carbocycles. The standard InChI is InChI=1S/C11H22N2O2/c1-11(2,6-3-7-14)8-12-10(15)13-9-4-5-9/h9,14H,3-8H2,1-2H3,(H2,12,13,15). The molecule has 0 heterocycles. The minimum Gasteiger partial charge on any atom is -0.396 e. The number of nitrogens with one attached hydrogen (secondary N) is 2. The van der Waals surface area contributed by atoms with E-state index in [0.717, 1.165) is 25.7 Å². The van der Waals surface area contributed by atoms with Crippen LogP contribution in [0.4, 0.5) is 4.79 Å². The van der Waals surface area contributed by atoms with Crippen LogP contribution in [0.25, 0.3) is 0 Å². The first-order chi connectivity index (χ1) is 7.03. The predicted octanol–water partition coefficient (Wildman–Crippen LogP) is 1.25. The molecule has 3 N–H and O–H groups in total. The lowest BCUT2D eigenvalue weighted by Crippen LogP contribution is -2.41. The van der Waals surface area contributed by atoms with Crippen molar-refractivity contribution in [3.63, 3.8) is 0 Å². The number of aliphatic hydroxyl groups is 1. The zero-order chi connectivity index (χ0) is 11.3. The second kappa shape index (κ2) is 5.35. The van der Waals surface area contributed by atoms with Gasteiger partial charge in [-0.3, -0.25) is 0 Å². The van der Waals surface area contributed by atoms with Gasteiger partial charge in [0.05, 0.1) is 0 Å². The Balaban J connectivity index is 2.12. The Morgan fingerprint density at radius 2 is 2.13 bits per heavy atom. The molecule has 15 heavy (non-hydrogen) atoms. The minimum atomic E-state index is -0.0606. The van der Waals surface area contributed by atoms with Crippen LogP contribution in [0.3, 0.4) is 0 Å². The van der Waals surface area contributed by atoms with Crippen molar-refractivity contribution >= 4 is 6.03 Å². The van der Waals surface area contributed by atoms with E-state index in [1.54, 1.807) is 0 Å². The molecule has 4 nitrogen and oxygen atoms in total. The maximum Gasteiger partial charge on any atom is 0.315 e. The van der Waals surface area contributed by atoms with Crippen LogP contribution in [0.5, 0.6) is 0 Å². The molecule has 2 amide bonds. The van der Waals surface area contributed by atoms with Gasteiger partial charge in [-0.1, -0.05) is 13.8 Å². The Bertz CT molecular complexity index is 213. The third-order valence-electron chi connectivity index (χ3n) is 2.65. The summed E-state index contributed by atoms with van der Waals surface area (Å²) in [5, 5.41) is 14.5. The zero-order valence-corrected chi connectivity index (χ0v) is 9.68. The topological polar surface area (TPSA) is 61.4 Å². The van der Waals surface area contributed by atoms with Gasteiger partial charge in [0.2, 0.25) is 0 Å². The second-order valence-electron chi connectivity index (χ2n) is 5.09. The van der Waals surface area contributed by atoms with Gasteiger partial charge in [-0.15, -0.1) is 0 Å². The predicted molar refractivity (Wildman–Crippen MR) is 59.7 cm³/mol. The second-order valence-corrected chi connectivity index (χ2v) is 5.09. The highest BCUT2D eigenvalue weighted by Crippen LogP contribution is 2.21. The van der Waals surface area contributed by atoms with E-state index >= 15 is 0 Å². The van der Waals surface area contributed by atoms with Crippen LogP contribution in [0.2, 0.25) is 0 Å². The molecule has 0 radical (unpaired) electrons. The summed E-state index contributed by atoms with van der Waals surface area (Å²) >= 11 is 0. The van der Waals surface area contributed by atoms with Crippen molar-refractivity contribution in [1.82, 2.24) is 10.6 Å². The van der Waals surface area contributed by atoms with E-state index in [-0.39, 0.29) is 18.1 Å². The van der Waals surface area contributed by atoms with Gasteiger partial charge in [-0.2, -0.15) is 0 Å². The zero-order valence-electron chi connectivity index (χ0n) is 9.68. The van der Waals surface area contributed by atoms with E-state index in [4.69, 9.17) is 5.11 Å². The van der Waals surface area contributed by atoms with Gasteiger partial charge in [0, 0.05) is 19.2 Å². The first kappa shape index (κ1) is 12.3. The Morgan fingerprint density at radius 3 is 2.67 bits per heavy atom. The molecule has 0 spiro atoms. The fourth-order valence-corrected chi connectivity index (χ4v) is 1.43. The third kappa shape index (κ3) is 5.62. The third-order valence-corrected chi connectivity index (χ3v) is 2.65. The summed E-state index contributed by atoms with van der Waals surface area (Å²) < 4.78 is 0. The van der Waals surface area contributed by atoms with Gasteiger partial charge >= 0.3 is 6.03 Å². The Morgan fingerprint density at radius 1 is 1.47 bits per heavy atom. The van der Waals surface area contributed by atoms with Crippen LogP contribution >= 0.6 is 0 Å². The first-order valence-electron chi connectivity index (χ1n) is 5.69. The number of carbonyl (C=O) groups excluding carboxylic acids is 1. The van der Waals surface area contributed by atoms with Crippen molar-refractivity contribution in [2.24, 2.45) is 5.41 Å². The fourth-order valence-electron chi connectivity index (χ4n) is 1.43.